The van der Waals surface area contributed by atoms with Crippen LogP contribution < -0.4 is 5.73 Å². The summed E-state index contributed by atoms with van der Waals surface area (Å²) in [6, 6.07) is 7.70. The lowest BCUT2D eigenvalue weighted by Gasteiger charge is -2.13. The van der Waals surface area contributed by atoms with Crippen molar-refractivity contribution in [2.45, 2.75) is 31.0 Å². The minimum Gasteiger partial charge on any atom is -0.392 e. The summed E-state index contributed by atoms with van der Waals surface area (Å²) in [5.41, 5.74) is 6.78. The van der Waals surface area contributed by atoms with Gasteiger partial charge in [0, 0.05) is 10.6 Å². The molecule has 0 saturated carbocycles. The summed E-state index contributed by atoms with van der Waals surface area (Å²) in [4.78, 5) is 8.77. The molecule has 3 N–H and O–H groups in total. The van der Waals surface area contributed by atoms with E-state index < -0.39 is 0 Å². The molecule has 1 aromatic carbocycles. The van der Waals surface area contributed by atoms with Crippen LogP contribution in [-0.4, -0.2) is 26.4 Å². The number of aromatic nitrogens is 2. The zero-order chi connectivity index (χ0) is 13.1. The molecule has 96 valence electrons. The number of anilines is 1. The molecule has 18 heavy (non-hydrogen) atoms. The summed E-state index contributed by atoms with van der Waals surface area (Å²) >= 11 is 1.62. The van der Waals surface area contributed by atoms with E-state index in [0.29, 0.717) is 17.4 Å². The van der Waals surface area contributed by atoms with Crippen LogP contribution in [0.5, 0.6) is 0 Å². The molecule has 2 rings (SSSR count). The van der Waals surface area contributed by atoms with Crippen molar-refractivity contribution in [3.05, 3.63) is 30.1 Å². The number of nitrogens with two attached hydrogens (primary N) is 1. The third-order valence-corrected chi connectivity index (χ3v) is 4.18. The molecule has 0 radical (unpaired) electrons. The lowest BCUT2D eigenvalue weighted by Crippen LogP contribution is -2.15. The van der Waals surface area contributed by atoms with Gasteiger partial charge in [0.2, 0.25) is 0 Å². The smallest absolute Gasteiger partial charge is 0.141 e. The number of para-hydroxylation sites is 1. The van der Waals surface area contributed by atoms with Crippen molar-refractivity contribution >= 4 is 28.5 Å². The van der Waals surface area contributed by atoms with Crippen LogP contribution >= 0.6 is 11.8 Å². The zero-order valence-electron chi connectivity index (χ0n) is 10.5. The summed E-state index contributed by atoms with van der Waals surface area (Å²) in [5, 5.41) is 10.5. The standard InChI is InChI=1S/C13H17N3OS/c1-8(17)9(2)18-7-12-15-11-6-4-3-5-10(11)13(14)16-12/h3-6,8-9,17H,7H2,1-2H3,(H2,14,15,16). The van der Waals surface area contributed by atoms with Crippen LogP contribution in [0.25, 0.3) is 10.9 Å². The first-order valence-electron chi connectivity index (χ1n) is 5.88. The van der Waals surface area contributed by atoms with E-state index in [-0.39, 0.29) is 11.4 Å². The van der Waals surface area contributed by atoms with E-state index in [2.05, 4.69) is 9.97 Å². The fourth-order valence-electron chi connectivity index (χ4n) is 1.56. The van der Waals surface area contributed by atoms with E-state index in [4.69, 9.17) is 5.73 Å². The van der Waals surface area contributed by atoms with Gasteiger partial charge >= 0.3 is 0 Å². The Morgan fingerprint density at radius 1 is 1.28 bits per heavy atom. The van der Waals surface area contributed by atoms with Crippen molar-refractivity contribution in [1.29, 1.82) is 0 Å². The second-order valence-corrected chi connectivity index (χ2v) is 5.66. The molecule has 2 aromatic rings. The Hall–Kier alpha value is -1.33. The fraction of sp³-hybridized carbons (Fsp3) is 0.385. The predicted molar refractivity (Wildman–Crippen MR) is 76.4 cm³/mol. The van der Waals surface area contributed by atoms with Crippen LogP contribution in [-0.2, 0) is 5.75 Å². The zero-order valence-corrected chi connectivity index (χ0v) is 11.3. The molecule has 1 aromatic heterocycles. The highest BCUT2D eigenvalue weighted by Crippen LogP contribution is 2.22. The van der Waals surface area contributed by atoms with E-state index in [1.54, 1.807) is 18.7 Å². The SMILES string of the molecule is CC(O)C(C)SCc1nc(N)c2ccccc2n1. The van der Waals surface area contributed by atoms with Gasteiger partial charge < -0.3 is 10.8 Å². The van der Waals surface area contributed by atoms with E-state index >= 15 is 0 Å². The Labute approximate surface area is 111 Å². The number of nitrogen functional groups attached to an aromatic ring is 1. The highest BCUT2D eigenvalue weighted by atomic mass is 32.2. The summed E-state index contributed by atoms with van der Waals surface area (Å²) in [6.07, 6.45) is -0.340. The number of hydrogen-bond donors (Lipinski definition) is 2. The molecule has 5 heteroatoms. The highest BCUT2D eigenvalue weighted by molar-refractivity contribution is 7.99. The predicted octanol–water partition coefficient (Wildman–Crippen LogP) is 2.21. The molecule has 0 fully saturated rings. The number of aliphatic hydroxyl groups is 1. The average Bonchev–Trinajstić information content (AvgIpc) is 2.36. The molecule has 0 aliphatic heterocycles. The van der Waals surface area contributed by atoms with E-state index in [1.807, 2.05) is 31.2 Å². The maximum Gasteiger partial charge on any atom is 0.141 e. The van der Waals surface area contributed by atoms with Gasteiger partial charge in [0.25, 0.3) is 0 Å². The minimum atomic E-state index is -0.340. The van der Waals surface area contributed by atoms with Crippen molar-refractivity contribution in [3.8, 4) is 0 Å². The quantitative estimate of drug-likeness (QED) is 0.885. The van der Waals surface area contributed by atoms with Crippen LogP contribution in [0, 0.1) is 0 Å². The Morgan fingerprint density at radius 2 is 2.00 bits per heavy atom. The average molecular weight is 263 g/mol. The van der Waals surface area contributed by atoms with Crippen LogP contribution in [0.1, 0.15) is 19.7 Å². The third-order valence-electron chi connectivity index (χ3n) is 2.83. The molecule has 0 spiro atoms. The number of benzene rings is 1. The molecule has 0 saturated heterocycles. The van der Waals surface area contributed by atoms with Gasteiger partial charge in [-0.05, 0) is 19.1 Å². The Bertz CT molecular complexity index is 545. The van der Waals surface area contributed by atoms with Crippen molar-refractivity contribution in [3.63, 3.8) is 0 Å². The second-order valence-electron chi connectivity index (χ2n) is 4.30. The molecular formula is C13H17N3OS. The van der Waals surface area contributed by atoms with E-state index in [1.165, 1.54) is 0 Å². The Morgan fingerprint density at radius 3 is 2.72 bits per heavy atom. The monoisotopic (exact) mass is 263 g/mol. The van der Waals surface area contributed by atoms with E-state index in [0.717, 1.165) is 10.9 Å². The van der Waals surface area contributed by atoms with Crippen molar-refractivity contribution in [2.24, 2.45) is 0 Å². The van der Waals surface area contributed by atoms with Crippen LogP contribution in [0.4, 0.5) is 5.82 Å². The van der Waals surface area contributed by atoms with Gasteiger partial charge in [-0.2, -0.15) is 0 Å². The van der Waals surface area contributed by atoms with Gasteiger partial charge in [0.05, 0.1) is 17.4 Å². The maximum atomic E-state index is 9.44. The summed E-state index contributed by atoms with van der Waals surface area (Å²) in [5.74, 6) is 1.88. The molecule has 0 aliphatic carbocycles. The van der Waals surface area contributed by atoms with Gasteiger partial charge in [-0.25, -0.2) is 9.97 Å². The van der Waals surface area contributed by atoms with Crippen molar-refractivity contribution in [1.82, 2.24) is 9.97 Å². The van der Waals surface area contributed by atoms with Gasteiger partial charge in [-0.15, -0.1) is 11.8 Å². The number of nitrogens with zero attached hydrogens (tertiary/aromatic N) is 2. The van der Waals surface area contributed by atoms with Crippen molar-refractivity contribution in [2.75, 3.05) is 5.73 Å². The number of fused-ring (bicyclic) bond motifs is 1. The lowest BCUT2D eigenvalue weighted by atomic mass is 10.2. The topological polar surface area (TPSA) is 72.0 Å². The van der Waals surface area contributed by atoms with Gasteiger partial charge in [0.15, 0.2) is 0 Å². The number of rotatable bonds is 4. The van der Waals surface area contributed by atoms with Crippen molar-refractivity contribution < 1.29 is 5.11 Å². The first-order valence-corrected chi connectivity index (χ1v) is 6.93. The molecule has 2 atom stereocenters. The van der Waals surface area contributed by atoms with Gasteiger partial charge in [-0.1, -0.05) is 19.1 Å². The Balaban J connectivity index is 2.19. The summed E-state index contributed by atoms with van der Waals surface area (Å²) in [6.45, 7) is 3.77. The van der Waals surface area contributed by atoms with Gasteiger partial charge in [-0.3, -0.25) is 0 Å². The number of hydrogen-bond acceptors (Lipinski definition) is 5. The fourth-order valence-corrected chi connectivity index (χ4v) is 2.38. The lowest BCUT2D eigenvalue weighted by molar-refractivity contribution is 0.196. The summed E-state index contributed by atoms with van der Waals surface area (Å²) in [7, 11) is 0. The van der Waals surface area contributed by atoms with E-state index in [9.17, 15) is 5.11 Å². The van der Waals surface area contributed by atoms with Crippen LogP contribution in [0.15, 0.2) is 24.3 Å². The first kappa shape index (κ1) is 13.1. The Kier molecular flexibility index (Phi) is 4.04. The maximum absolute atomic E-state index is 9.44. The normalized spacial score (nSPS) is 14.6. The first-order chi connectivity index (χ1) is 8.58. The molecule has 1 heterocycles. The van der Waals surface area contributed by atoms with Crippen LogP contribution in [0.3, 0.4) is 0 Å². The largest absolute Gasteiger partial charge is 0.392 e. The highest BCUT2D eigenvalue weighted by Gasteiger charge is 2.11. The molecule has 4 nitrogen and oxygen atoms in total. The summed E-state index contributed by atoms with van der Waals surface area (Å²) < 4.78 is 0. The van der Waals surface area contributed by atoms with Gasteiger partial charge in [0.1, 0.15) is 11.6 Å². The number of thioether (sulfide) groups is 1. The minimum absolute atomic E-state index is 0.154. The third kappa shape index (κ3) is 2.91. The molecule has 0 bridgehead atoms. The number of aliphatic hydroxyl groups excluding tert-OH is 1. The molecule has 0 aliphatic rings. The molecule has 0 amide bonds. The molecule has 2 unspecified atom stereocenters. The second kappa shape index (κ2) is 5.54. The van der Waals surface area contributed by atoms with Crippen LogP contribution in [0.2, 0.25) is 0 Å². The molecular weight excluding hydrogens is 246 g/mol.